The molecule has 0 aliphatic carbocycles. The molecule has 2 amide bonds. The SMILES string of the molecule is CCOC(=O)CCN1CN(C(c2ccccc2)c2ccccc2)n2ccc(=O)c(OCc3ccccc3)c2C1=O.O=C(O)CCN1CN(C(c2ccccc2)c2ccccc2)n2ccc(=O)c(O)c2C1=O.O=C(O)CCN1Cc2c(OCc3ccccc3)c(=O)ccn2N(C(c2ccccc2)c2ccccc2)C1. The van der Waals surface area contributed by atoms with Crippen molar-refractivity contribution in [3.05, 3.63) is 372 Å². The van der Waals surface area contributed by atoms with E-state index in [1.54, 1.807) is 28.9 Å². The zero-order valence-corrected chi connectivity index (χ0v) is 59.3. The Labute approximate surface area is 623 Å². The Morgan fingerprint density at radius 2 is 0.722 bits per heavy atom. The van der Waals surface area contributed by atoms with E-state index >= 15 is 0 Å². The van der Waals surface area contributed by atoms with Crippen LogP contribution < -0.4 is 40.8 Å². The van der Waals surface area contributed by atoms with Crippen molar-refractivity contribution >= 4 is 29.7 Å². The van der Waals surface area contributed by atoms with Gasteiger partial charge in [-0.2, -0.15) is 0 Å². The summed E-state index contributed by atoms with van der Waals surface area (Å²) in [5.41, 5.74) is 7.28. The van der Waals surface area contributed by atoms with E-state index in [9.17, 15) is 48.6 Å². The highest BCUT2D eigenvalue weighted by molar-refractivity contribution is 5.97. The molecule has 108 heavy (non-hydrogen) atoms. The summed E-state index contributed by atoms with van der Waals surface area (Å²) in [7, 11) is 0. The quantitative estimate of drug-likeness (QED) is 0.0449. The van der Waals surface area contributed by atoms with Gasteiger partial charge < -0.3 is 39.3 Å². The lowest BCUT2D eigenvalue weighted by molar-refractivity contribution is -0.143. The summed E-state index contributed by atoms with van der Waals surface area (Å²) in [5, 5.41) is 34.9. The van der Waals surface area contributed by atoms with E-state index in [2.05, 4.69) is 34.2 Å². The molecule has 0 saturated heterocycles. The largest absolute Gasteiger partial charge is 0.502 e. The van der Waals surface area contributed by atoms with Gasteiger partial charge in [0.05, 0.1) is 56.4 Å². The molecule has 23 nitrogen and oxygen atoms in total. The van der Waals surface area contributed by atoms with Gasteiger partial charge in [0, 0.05) is 63.0 Å². The third-order valence-electron chi connectivity index (χ3n) is 18.5. The number of fused-ring (bicyclic) bond motifs is 3. The van der Waals surface area contributed by atoms with E-state index in [1.807, 2.05) is 233 Å². The van der Waals surface area contributed by atoms with Crippen LogP contribution in [0.5, 0.6) is 17.2 Å². The number of ether oxygens (including phenoxy) is 3. The molecule has 3 aromatic heterocycles. The molecule has 3 aliphatic heterocycles. The number of pyridine rings is 3. The van der Waals surface area contributed by atoms with Crippen LogP contribution in [0, 0.1) is 0 Å². The lowest BCUT2D eigenvalue weighted by Crippen LogP contribution is -2.56. The third kappa shape index (κ3) is 17.7. The number of carbonyl (C=O) groups excluding carboxylic acids is 3. The molecule has 3 N–H and O–H groups in total. The molecule has 0 radical (unpaired) electrons. The van der Waals surface area contributed by atoms with Crippen molar-refractivity contribution in [1.29, 1.82) is 0 Å². The summed E-state index contributed by atoms with van der Waals surface area (Å²) >= 11 is 0. The number of hydrogen-bond acceptors (Lipinski definition) is 16. The highest BCUT2D eigenvalue weighted by Gasteiger charge is 2.40. The van der Waals surface area contributed by atoms with Gasteiger partial charge >= 0.3 is 17.9 Å². The van der Waals surface area contributed by atoms with E-state index in [4.69, 9.17) is 19.3 Å². The maximum Gasteiger partial charge on any atom is 0.307 e. The van der Waals surface area contributed by atoms with Crippen LogP contribution >= 0.6 is 0 Å². The van der Waals surface area contributed by atoms with Gasteiger partial charge in [0.1, 0.15) is 26.6 Å². The zero-order valence-electron chi connectivity index (χ0n) is 59.3. The van der Waals surface area contributed by atoms with Crippen molar-refractivity contribution in [2.75, 3.05) is 61.3 Å². The van der Waals surface area contributed by atoms with E-state index in [0.717, 1.165) is 44.5 Å². The van der Waals surface area contributed by atoms with Crippen LogP contribution in [0.25, 0.3) is 0 Å². The molecule has 6 heterocycles. The number of amides is 2. The van der Waals surface area contributed by atoms with Crippen molar-refractivity contribution in [2.24, 2.45) is 0 Å². The molecule has 0 atom stereocenters. The second-order valence-electron chi connectivity index (χ2n) is 25.7. The molecule has 8 aromatic carbocycles. The number of aromatic hydroxyl groups is 1. The normalized spacial score (nSPS) is 13.2. The van der Waals surface area contributed by atoms with Gasteiger partial charge in [0.25, 0.3) is 11.8 Å². The molecule has 14 rings (SSSR count). The molecule has 3 aliphatic rings. The molecule has 550 valence electrons. The number of benzene rings is 8. The topological polar surface area (TPSA) is 259 Å². The first-order valence-electron chi connectivity index (χ1n) is 35.4. The summed E-state index contributed by atoms with van der Waals surface area (Å²) in [6, 6.07) is 82.1. The average molecular weight is 1450 g/mol. The van der Waals surface area contributed by atoms with Gasteiger partial charge in [-0.05, 0) is 51.4 Å². The molecule has 0 bridgehead atoms. The first-order valence-corrected chi connectivity index (χ1v) is 35.4. The Morgan fingerprint density at radius 3 is 1.13 bits per heavy atom. The fraction of sp³-hybridized carbons (Fsp3) is 0.200. The summed E-state index contributed by atoms with van der Waals surface area (Å²) in [4.78, 5) is 105. The molecular weight excluding hydrogens is 1370 g/mol. The summed E-state index contributed by atoms with van der Waals surface area (Å²) in [6.07, 6.45) is 4.66. The Hall–Kier alpha value is -13.3. The van der Waals surface area contributed by atoms with Gasteiger partial charge in [-0.1, -0.05) is 243 Å². The maximum atomic E-state index is 13.9. The lowest BCUT2D eigenvalue weighted by atomic mass is 9.98. The Morgan fingerprint density at radius 1 is 0.389 bits per heavy atom. The van der Waals surface area contributed by atoms with Gasteiger partial charge in [0.2, 0.25) is 16.3 Å². The molecule has 0 spiro atoms. The number of aromatic nitrogens is 3. The van der Waals surface area contributed by atoms with Crippen LogP contribution in [-0.4, -0.2) is 120 Å². The van der Waals surface area contributed by atoms with Crippen molar-refractivity contribution < 1.29 is 53.5 Å². The molecule has 23 heteroatoms. The van der Waals surface area contributed by atoms with E-state index < -0.39 is 34.5 Å². The van der Waals surface area contributed by atoms with Crippen LogP contribution in [0.2, 0.25) is 0 Å². The average Bonchev–Trinajstić information content (AvgIpc) is 0.752. The molecule has 0 unspecified atom stereocenters. The first-order chi connectivity index (χ1) is 52.6. The van der Waals surface area contributed by atoms with Crippen LogP contribution in [-0.2, 0) is 38.9 Å². The predicted molar refractivity (Wildman–Crippen MR) is 407 cm³/mol. The maximum absolute atomic E-state index is 13.9. The van der Waals surface area contributed by atoms with Crippen molar-refractivity contribution in [3.8, 4) is 17.2 Å². The van der Waals surface area contributed by atoms with E-state index in [0.29, 0.717) is 25.5 Å². The minimum absolute atomic E-state index is 0.00640. The van der Waals surface area contributed by atoms with E-state index in [1.165, 1.54) is 34.0 Å². The number of carbonyl (C=O) groups is 5. The van der Waals surface area contributed by atoms with Gasteiger partial charge in [-0.25, -0.2) is 0 Å². The number of carboxylic acids is 2. The number of nitrogens with zero attached hydrogens (tertiary/aromatic N) is 9. The number of carboxylic acid groups (broad SMARTS) is 2. The van der Waals surface area contributed by atoms with E-state index in [-0.39, 0.29) is 124 Å². The summed E-state index contributed by atoms with van der Waals surface area (Å²) in [6.45, 7) is 3.98. The summed E-state index contributed by atoms with van der Waals surface area (Å²) in [5.74, 6) is -3.65. The van der Waals surface area contributed by atoms with Crippen LogP contribution in [0.15, 0.2) is 294 Å². The van der Waals surface area contributed by atoms with Gasteiger partial charge in [0.15, 0.2) is 28.6 Å². The molecule has 11 aromatic rings. The van der Waals surface area contributed by atoms with Gasteiger partial charge in [-0.15, -0.1) is 0 Å². The highest BCUT2D eigenvalue weighted by Crippen LogP contribution is 2.37. The fourth-order valence-electron chi connectivity index (χ4n) is 13.5. The number of hydrogen-bond donors (Lipinski definition) is 3. The van der Waals surface area contributed by atoms with Crippen molar-refractivity contribution in [1.82, 2.24) is 28.7 Å². The zero-order chi connectivity index (χ0) is 75.5. The molecule has 0 saturated carbocycles. The second-order valence-corrected chi connectivity index (χ2v) is 25.7. The third-order valence-corrected chi connectivity index (χ3v) is 18.5. The molecule has 0 fully saturated rings. The predicted octanol–water partition coefficient (Wildman–Crippen LogP) is 11.1. The smallest absolute Gasteiger partial charge is 0.307 e. The number of aliphatic carboxylic acids is 2. The minimum Gasteiger partial charge on any atom is -0.502 e. The fourth-order valence-corrected chi connectivity index (χ4v) is 13.5. The number of rotatable bonds is 25. The standard InChI is InChI=1S/C32H31N3O5.C30H29N3O4.C23H21N3O5/c1-2-39-28(37)19-20-33-23-35(29(25-14-8-4-9-15-25)26-16-10-5-11-17-26)34-21-18-27(36)31(30(34)32(33)38)40-22-24-12-6-3-7-13-24;34-27-16-19-32-26(30(27)37-21-23-10-4-1-5-11-23)20-31(18-17-28(35)36)22-33(32)29(24-12-6-2-7-13-24)25-14-8-3-9-15-25;27-18-11-14-25-21(22(18)30)23(31)24(13-12-19(28)29)15-26(25)20(16-7-3-1-4-8-16)17-9-5-2-6-10-17/h3-18,21,29H,2,19-20,22-23H2,1H3;1-16,19,29H,17-18,20-22H2,(H,35,36);1-11,14,20,30H,12-13,15H2,(H,28,29). The van der Waals surface area contributed by atoms with Crippen LogP contribution in [0.4, 0.5) is 0 Å². The minimum atomic E-state index is -1.04. The van der Waals surface area contributed by atoms with Crippen molar-refractivity contribution in [2.45, 2.75) is 64.1 Å². The second kappa shape index (κ2) is 35.5. The number of esters is 1. The molecular formula is C85H81N9O14. The van der Waals surface area contributed by atoms with Crippen LogP contribution in [0.3, 0.4) is 0 Å². The van der Waals surface area contributed by atoms with Crippen LogP contribution in [0.1, 0.15) is 115 Å². The monoisotopic (exact) mass is 1450 g/mol. The Balaban J connectivity index is 0.000000153. The highest BCUT2D eigenvalue weighted by atomic mass is 16.5. The lowest BCUT2D eigenvalue weighted by Gasteiger charge is -2.44. The van der Waals surface area contributed by atoms with Crippen molar-refractivity contribution in [3.63, 3.8) is 0 Å². The Bertz CT molecular complexity index is 4950. The first kappa shape index (κ1) is 74.4. The Kier molecular flexibility index (Phi) is 24.4. The summed E-state index contributed by atoms with van der Waals surface area (Å²) < 4.78 is 22.5. The van der Waals surface area contributed by atoms with Gasteiger partial charge in [-0.3, -0.25) is 72.3 Å².